The van der Waals surface area contributed by atoms with E-state index in [0.29, 0.717) is 11.0 Å². The molecule has 1 radical (unpaired) electrons. The summed E-state index contributed by atoms with van der Waals surface area (Å²) in [7, 11) is -4.33. The fourth-order valence-corrected chi connectivity index (χ4v) is 2.43. The number of hydrogen-bond acceptors (Lipinski definition) is 3. The average molecular weight is 297 g/mol. The molecular weight excluding hydrogens is 287 g/mol. The summed E-state index contributed by atoms with van der Waals surface area (Å²) in [5, 5.41) is -0.439. The van der Waals surface area contributed by atoms with E-state index in [0.717, 1.165) is 11.1 Å². The smallest absolute Gasteiger partial charge is 0.326 e. The molecule has 5 nitrogen and oxygen atoms in total. The quantitative estimate of drug-likeness (QED) is 0.560. The Balaban J connectivity index is 0.00000147. The molecule has 0 aliphatic carbocycles. The molecule has 0 amide bonds. The Labute approximate surface area is 138 Å². The number of hydrogen-bond donors (Lipinski definition) is 2. The Hall–Kier alpha value is -1.18. The fraction of sp³-hybridized carbons (Fsp3) is 0. The van der Waals surface area contributed by atoms with Crippen molar-refractivity contribution in [2.24, 2.45) is 0 Å². The summed E-state index contributed by atoms with van der Waals surface area (Å²) in [4.78, 5) is 6.53. The maximum atomic E-state index is 11.1. The van der Waals surface area contributed by atoms with Crippen molar-refractivity contribution in [3.05, 3.63) is 48.5 Å². The van der Waals surface area contributed by atoms with Crippen LogP contribution in [-0.4, -0.2) is 52.5 Å². The van der Waals surface area contributed by atoms with Crippen LogP contribution in [0.1, 0.15) is 0 Å². The predicted octanol–water partition coefficient (Wildman–Crippen LogP) is 2.10. The molecule has 2 N–H and O–H groups in total. The number of aromatic amines is 1. The number of imidazole rings is 1. The Kier molecular flexibility index (Phi) is 4.31. The number of fused-ring (bicyclic) bond motifs is 1. The van der Waals surface area contributed by atoms with Gasteiger partial charge in [0.25, 0.3) is 5.16 Å². The van der Waals surface area contributed by atoms with Crippen molar-refractivity contribution in [1.29, 1.82) is 0 Å². The molecule has 0 fully saturated rings. The van der Waals surface area contributed by atoms with Gasteiger partial charge < -0.3 is 4.98 Å². The number of nitrogens with zero attached hydrogens (tertiary/aromatic N) is 1. The van der Waals surface area contributed by atoms with Crippen LogP contribution in [0.5, 0.6) is 0 Å². The van der Waals surface area contributed by atoms with Crippen LogP contribution in [0.4, 0.5) is 0 Å². The van der Waals surface area contributed by atoms with E-state index < -0.39 is 15.3 Å². The standard InChI is InChI=1S/C13H10N2O3S.Na/c16-19(17,18)13-14-11-8-4-7-10(12(11)15-13)9-5-2-1-3-6-9;/h1-8H,(H,14,15)(H,16,17,18);. The molecule has 3 aromatic rings. The number of para-hydroxylation sites is 1. The number of H-pyrrole nitrogens is 1. The van der Waals surface area contributed by atoms with Crippen LogP contribution in [0.2, 0.25) is 0 Å². The van der Waals surface area contributed by atoms with Gasteiger partial charge in [-0.2, -0.15) is 8.42 Å². The molecular formula is C13H10N2NaO3S. The van der Waals surface area contributed by atoms with Gasteiger partial charge in [0, 0.05) is 35.1 Å². The number of benzene rings is 2. The summed E-state index contributed by atoms with van der Waals surface area (Å²) in [5.74, 6) is 0. The average Bonchev–Trinajstić information content (AvgIpc) is 2.83. The summed E-state index contributed by atoms with van der Waals surface area (Å²) < 4.78 is 31.3. The molecule has 1 heterocycles. The third kappa shape index (κ3) is 2.79. The van der Waals surface area contributed by atoms with Gasteiger partial charge in [0.1, 0.15) is 0 Å². The van der Waals surface area contributed by atoms with Gasteiger partial charge in [-0.1, -0.05) is 42.5 Å². The molecule has 2 aromatic carbocycles. The van der Waals surface area contributed by atoms with Crippen LogP contribution >= 0.6 is 0 Å². The van der Waals surface area contributed by atoms with Crippen LogP contribution in [0.15, 0.2) is 53.7 Å². The first-order valence-corrected chi connectivity index (χ1v) is 7.01. The summed E-state index contributed by atoms with van der Waals surface area (Å²) in [6, 6.07) is 14.9. The van der Waals surface area contributed by atoms with Gasteiger partial charge in [0.05, 0.1) is 11.0 Å². The summed E-state index contributed by atoms with van der Waals surface area (Å²) in [6.07, 6.45) is 0. The monoisotopic (exact) mass is 297 g/mol. The van der Waals surface area contributed by atoms with Crippen molar-refractivity contribution in [2.75, 3.05) is 0 Å². The minimum atomic E-state index is -4.33. The van der Waals surface area contributed by atoms with E-state index in [9.17, 15) is 8.42 Å². The van der Waals surface area contributed by atoms with E-state index in [1.165, 1.54) is 0 Å². The van der Waals surface area contributed by atoms with E-state index in [1.807, 2.05) is 36.4 Å². The van der Waals surface area contributed by atoms with Crippen LogP contribution < -0.4 is 0 Å². The molecule has 1 aromatic heterocycles. The Morgan fingerprint density at radius 1 is 1.00 bits per heavy atom. The molecule has 20 heavy (non-hydrogen) atoms. The van der Waals surface area contributed by atoms with E-state index >= 15 is 0 Å². The van der Waals surface area contributed by atoms with Crippen molar-refractivity contribution >= 4 is 50.7 Å². The zero-order chi connectivity index (χ0) is 13.5. The predicted molar refractivity (Wildman–Crippen MR) is 77.1 cm³/mol. The molecule has 0 spiro atoms. The second-order valence-corrected chi connectivity index (χ2v) is 5.42. The Bertz CT molecular complexity index is 844. The van der Waals surface area contributed by atoms with Gasteiger partial charge in [-0.05, 0) is 11.6 Å². The second kappa shape index (κ2) is 5.67. The molecule has 0 aliphatic heterocycles. The molecule has 0 saturated heterocycles. The van der Waals surface area contributed by atoms with E-state index in [2.05, 4.69) is 9.97 Å². The van der Waals surface area contributed by atoms with E-state index in [1.54, 1.807) is 12.1 Å². The molecule has 0 unspecified atom stereocenters. The maximum absolute atomic E-state index is 11.1. The van der Waals surface area contributed by atoms with Crippen LogP contribution in [-0.2, 0) is 10.1 Å². The van der Waals surface area contributed by atoms with Gasteiger partial charge in [-0.25, -0.2) is 4.98 Å². The number of nitrogens with one attached hydrogen (secondary N) is 1. The molecule has 97 valence electrons. The van der Waals surface area contributed by atoms with Crippen molar-refractivity contribution < 1.29 is 13.0 Å². The van der Waals surface area contributed by atoms with E-state index in [4.69, 9.17) is 4.55 Å². The third-order valence-corrected chi connectivity index (χ3v) is 3.51. The minimum Gasteiger partial charge on any atom is -0.326 e. The van der Waals surface area contributed by atoms with Crippen molar-refractivity contribution in [1.82, 2.24) is 9.97 Å². The Morgan fingerprint density at radius 2 is 1.70 bits per heavy atom. The molecule has 0 bridgehead atoms. The first-order valence-electron chi connectivity index (χ1n) is 5.57. The van der Waals surface area contributed by atoms with Gasteiger partial charge in [-0.3, -0.25) is 4.55 Å². The zero-order valence-electron chi connectivity index (χ0n) is 10.7. The van der Waals surface area contributed by atoms with Crippen molar-refractivity contribution in [2.45, 2.75) is 5.16 Å². The largest absolute Gasteiger partial charge is 0.328 e. The van der Waals surface area contributed by atoms with Gasteiger partial charge >= 0.3 is 10.1 Å². The second-order valence-electron chi connectivity index (χ2n) is 4.08. The number of aromatic nitrogens is 2. The fourth-order valence-electron chi connectivity index (χ4n) is 1.99. The SMILES string of the molecule is O=S(=O)(O)c1nc2cccc(-c3ccccc3)c2[nH]1.[Na]. The van der Waals surface area contributed by atoms with Crippen molar-refractivity contribution in [3.8, 4) is 11.1 Å². The van der Waals surface area contributed by atoms with Crippen LogP contribution in [0, 0.1) is 0 Å². The van der Waals surface area contributed by atoms with Gasteiger partial charge in [0.15, 0.2) is 0 Å². The molecule has 0 saturated carbocycles. The molecule has 0 atom stereocenters. The third-order valence-electron chi connectivity index (χ3n) is 2.83. The molecule has 3 rings (SSSR count). The Morgan fingerprint density at radius 3 is 2.35 bits per heavy atom. The maximum Gasteiger partial charge on any atom is 0.328 e. The molecule has 0 aliphatic rings. The molecule has 7 heteroatoms. The topological polar surface area (TPSA) is 83.1 Å². The first kappa shape index (κ1) is 15.2. The van der Waals surface area contributed by atoms with Gasteiger partial charge in [0.2, 0.25) is 0 Å². The van der Waals surface area contributed by atoms with Gasteiger partial charge in [-0.15, -0.1) is 0 Å². The summed E-state index contributed by atoms with van der Waals surface area (Å²) in [6.45, 7) is 0. The first-order chi connectivity index (χ1) is 9.05. The normalized spacial score (nSPS) is 11.2. The minimum absolute atomic E-state index is 0. The van der Waals surface area contributed by atoms with Crippen LogP contribution in [0.25, 0.3) is 22.2 Å². The number of rotatable bonds is 2. The summed E-state index contributed by atoms with van der Waals surface area (Å²) in [5.41, 5.74) is 2.86. The zero-order valence-corrected chi connectivity index (χ0v) is 13.6. The summed E-state index contributed by atoms with van der Waals surface area (Å²) >= 11 is 0. The van der Waals surface area contributed by atoms with Crippen LogP contribution in [0.3, 0.4) is 0 Å². The van der Waals surface area contributed by atoms with E-state index in [-0.39, 0.29) is 29.6 Å². The van der Waals surface area contributed by atoms with Crippen molar-refractivity contribution in [3.63, 3.8) is 0 Å².